The van der Waals surface area contributed by atoms with Crippen LogP contribution in [0.3, 0.4) is 0 Å². The summed E-state index contributed by atoms with van der Waals surface area (Å²) in [5, 5.41) is 4.74. The first kappa shape index (κ1) is 12.4. The minimum atomic E-state index is 1.26. The highest BCUT2D eigenvalue weighted by atomic mass is 32.1. The van der Waals surface area contributed by atoms with Crippen LogP contribution in [0.2, 0.25) is 0 Å². The van der Waals surface area contributed by atoms with Crippen molar-refractivity contribution in [3.8, 4) is 21.6 Å². The van der Waals surface area contributed by atoms with Gasteiger partial charge in [0.25, 0.3) is 0 Å². The Morgan fingerprint density at radius 3 is 2.33 bits per heavy atom. The Morgan fingerprint density at radius 1 is 0.619 bits per heavy atom. The predicted molar refractivity (Wildman–Crippen MR) is 92.7 cm³/mol. The fourth-order valence-electron chi connectivity index (χ4n) is 2.74. The van der Waals surface area contributed by atoms with Crippen molar-refractivity contribution in [2.75, 3.05) is 0 Å². The Morgan fingerprint density at radius 2 is 1.52 bits per heavy atom. The molecule has 0 radical (unpaired) electrons. The zero-order valence-electron chi connectivity index (χ0n) is 11.5. The van der Waals surface area contributed by atoms with Gasteiger partial charge < -0.3 is 0 Å². The topological polar surface area (TPSA) is 0 Å². The van der Waals surface area contributed by atoms with E-state index in [2.05, 4.69) is 84.2 Å². The van der Waals surface area contributed by atoms with Gasteiger partial charge in [-0.25, -0.2) is 0 Å². The summed E-state index contributed by atoms with van der Waals surface area (Å²) >= 11 is 1.79. The molecule has 0 aliphatic heterocycles. The van der Waals surface area contributed by atoms with E-state index in [0.29, 0.717) is 0 Å². The molecule has 1 heterocycles. The van der Waals surface area contributed by atoms with E-state index >= 15 is 0 Å². The molecule has 1 heteroatoms. The van der Waals surface area contributed by atoms with Gasteiger partial charge in [0.15, 0.2) is 0 Å². The largest absolute Gasteiger partial charge is 0.144 e. The molecule has 0 saturated heterocycles. The molecule has 0 unspecified atom stereocenters. The van der Waals surface area contributed by atoms with Gasteiger partial charge in [0.05, 0.1) is 0 Å². The smallest absolute Gasteiger partial charge is 0.0348 e. The lowest BCUT2D eigenvalue weighted by atomic mass is 9.98. The summed E-state index contributed by atoms with van der Waals surface area (Å²) < 4.78 is 0. The molecule has 0 bridgehead atoms. The lowest BCUT2D eigenvalue weighted by Crippen LogP contribution is -1.81. The number of thiophene rings is 1. The second kappa shape index (κ2) is 5.19. The quantitative estimate of drug-likeness (QED) is 0.409. The number of hydrogen-bond donors (Lipinski definition) is 0. The third-order valence-electron chi connectivity index (χ3n) is 3.77. The van der Waals surface area contributed by atoms with Crippen LogP contribution in [0.25, 0.3) is 32.3 Å². The van der Waals surface area contributed by atoms with Crippen LogP contribution < -0.4 is 0 Å². The first-order valence-electron chi connectivity index (χ1n) is 7.04. The van der Waals surface area contributed by atoms with Gasteiger partial charge in [-0.3, -0.25) is 0 Å². The van der Waals surface area contributed by atoms with Crippen LogP contribution in [0, 0.1) is 0 Å². The number of hydrogen-bond acceptors (Lipinski definition) is 1. The minimum absolute atomic E-state index is 1.26. The summed E-state index contributed by atoms with van der Waals surface area (Å²) in [4.78, 5) is 1.33. The average Bonchev–Trinajstić information content (AvgIpc) is 3.09. The van der Waals surface area contributed by atoms with Gasteiger partial charge in [-0.15, -0.1) is 11.3 Å². The fourth-order valence-corrected chi connectivity index (χ4v) is 3.51. The van der Waals surface area contributed by atoms with Crippen LogP contribution in [-0.2, 0) is 0 Å². The molecule has 1 aromatic heterocycles. The lowest BCUT2D eigenvalue weighted by molar-refractivity contribution is 1.64. The van der Waals surface area contributed by atoms with Crippen LogP contribution in [-0.4, -0.2) is 0 Å². The Hall–Kier alpha value is -2.38. The fraction of sp³-hybridized carbons (Fsp3) is 0. The second-order valence-electron chi connectivity index (χ2n) is 5.08. The summed E-state index contributed by atoms with van der Waals surface area (Å²) in [5.74, 6) is 0. The molecule has 0 aliphatic rings. The summed E-state index contributed by atoms with van der Waals surface area (Å²) in [6.45, 7) is 0. The lowest BCUT2D eigenvalue weighted by Gasteiger charge is -2.07. The second-order valence-corrected chi connectivity index (χ2v) is 6.03. The molecule has 100 valence electrons. The number of fused-ring (bicyclic) bond motifs is 1. The van der Waals surface area contributed by atoms with Crippen molar-refractivity contribution >= 4 is 22.1 Å². The number of rotatable bonds is 2. The van der Waals surface area contributed by atoms with Gasteiger partial charge in [-0.05, 0) is 45.0 Å². The zero-order chi connectivity index (χ0) is 14.1. The van der Waals surface area contributed by atoms with E-state index in [4.69, 9.17) is 0 Å². The molecule has 0 amide bonds. The highest BCUT2D eigenvalue weighted by molar-refractivity contribution is 7.13. The van der Waals surface area contributed by atoms with E-state index in [1.165, 1.54) is 32.3 Å². The van der Waals surface area contributed by atoms with Crippen molar-refractivity contribution in [2.45, 2.75) is 0 Å². The Balaban J connectivity index is 1.91. The van der Waals surface area contributed by atoms with Crippen LogP contribution in [0.15, 0.2) is 84.2 Å². The van der Waals surface area contributed by atoms with Gasteiger partial charge in [0, 0.05) is 4.88 Å². The average molecular weight is 286 g/mol. The Kier molecular flexibility index (Phi) is 3.06. The molecule has 0 aliphatic carbocycles. The van der Waals surface area contributed by atoms with Crippen LogP contribution in [0.4, 0.5) is 0 Å². The SMILES string of the molecule is c1ccc(-c2ccc3c(-c4cccs4)cccc3c2)cc1. The first-order chi connectivity index (χ1) is 10.4. The highest BCUT2D eigenvalue weighted by Gasteiger charge is 2.05. The minimum Gasteiger partial charge on any atom is -0.144 e. The van der Waals surface area contributed by atoms with Gasteiger partial charge in [0.1, 0.15) is 0 Å². The third-order valence-corrected chi connectivity index (χ3v) is 4.68. The van der Waals surface area contributed by atoms with Gasteiger partial charge >= 0.3 is 0 Å². The van der Waals surface area contributed by atoms with E-state index in [1.807, 2.05) is 0 Å². The maximum absolute atomic E-state index is 2.28. The number of benzene rings is 3. The van der Waals surface area contributed by atoms with Crippen molar-refractivity contribution in [2.24, 2.45) is 0 Å². The summed E-state index contributed by atoms with van der Waals surface area (Å²) in [6.07, 6.45) is 0. The van der Waals surface area contributed by atoms with Crippen molar-refractivity contribution in [3.63, 3.8) is 0 Å². The van der Waals surface area contributed by atoms with Gasteiger partial charge in [-0.2, -0.15) is 0 Å². The Bertz CT molecular complexity index is 874. The van der Waals surface area contributed by atoms with Crippen LogP contribution in [0.5, 0.6) is 0 Å². The highest BCUT2D eigenvalue weighted by Crippen LogP contribution is 2.33. The summed E-state index contributed by atoms with van der Waals surface area (Å²) in [5.41, 5.74) is 3.86. The normalized spacial score (nSPS) is 10.9. The van der Waals surface area contributed by atoms with Gasteiger partial charge in [-0.1, -0.05) is 66.7 Å². The molecular weight excluding hydrogens is 272 g/mol. The van der Waals surface area contributed by atoms with Crippen molar-refractivity contribution in [3.05, 3.63) is 84.2 Å². The third kappa shape index (κ3) is 2.26. The zero-order valence-corrected chi connectivity index (χ0v) is 12.3. The monoisotopic (exact) mass is 286 g/mol. The molecule has 4 aromatic rings. The molecule has 21 heavy (non-hydrogen) atoms. The molecule has 0 saturated carbocycles. The van der Waals surface area contributed by atoms with E-state index in [0.717, 1.165) is 0 Å². The Labute approximate surface area is 128 Å². The molecule has 0 fully saturated rings. The van der Waals surface area contributed by atoms with E-state index in [9.17, 15) is 0 Å². The molecule has 0 atom stereocenters. The molecule has 0 nitrogen and oxygen atoms in total. The molecular formula is C20H14S. The summed E-state index contributed by atoms with van der Waals surface area (Å²) in [6, 6.07) is 28.1. The maximum Gasteiger partial charge on any atom is 0.0348 e. The van der Waals surface area contributed by atoms with Crippen molar-refractivity contribution in [1.82, 2.24) is 0 Å². The molecule has 0 spiro atoms. The summed E-state index contributed by atoms with van der Waals surface area (Å²) in [7, 11) is 0. The maximum atomic E-state index is 2.28. The first-order valence-corrected chi connectivity index (χ1v) is 7.92. The molecule has 0 N–H and O–H groups in total. The van der Waals surface area contributed by atoms with E-state index in [-0.39, 0.29) is 0 Å². The van der Waals surface area contributed by atoms with Crippen LogP contribution in [0.1, 0.15) is 0 Å². The molecule has 4 rings (SSSR count). The van der Waals surface area contributed by atoms with Crippen molar-refractivity contribution < 1.29 is 0 Å². The van der Waals surface area contributed by atoms with E-state index in [1.54, 1.807) is 11.3 Å². The van der Waals surface area contributed by atoms with Crippen molar-refractivity contribution in [1.29, 1.82) is 0 Å². The standard InChI is InChI=1S/C20H14S/c1-2-6-15(7-3-1)16-11-12-18-17(14-16)8-4-9-19(18)20-10-5-13-21-20/h1-14H. The van der Waals surface area contributed by atoms with E-state index < -0.39 is 0 Å². The predicted octanol–water partition coefficient (Wildman–Crippen LogP) is 6.24. The van der Waals surface area contributed by atoms with Gasteiger partial charge in [0.2, 0.25) is 0 Å². The molecule has 3 aromatic carbocycles. The van der Waals surface area contributed by atoms with Crippen LogP contribution >= 0.6 is 11.3 Å².